The minimum atomic E-state index is -0.571. The van der Waals surface area contributed by atoms with Crippen LogP contribution in [0.4, 0.5) is 0 Å². The second-order valence-corrected chi connectivity index (χ2v) is 3.62. The van der Waals surface area contributed by atoms with E-state index in [1.165, 1.54) is 7.05 Å². The van der Waals surface area contributed by atoms with Crippen LogP contribution >= 0.6 is 0 Å². The van der Waals surface area contributed by atoms with Gasteiger partial charge in [0, 0.05) is 26.6 Å². The van der Waals surface area contributed by atoms with Crippen molar-refractivity contribution < 1.29 is 4.42 Å². The summed E-state index contributed by atoms with van der Waals surface area (Å²) in [4.78, 5) is 24.9. The first-order valence-electron chi connectivity index (χ1n) is 5.50. The molecule has 0 spiro atoms. The second kappa shape index (κ2) is 5.12. The lowest BCUT2D eigenvalue weighted by atomic mass is 10.1. The maximum Gasteiger partial charge on any atom is 0.421 e. The van der Waals surface area contributed by atoms with Crippen LogP contribution < -0.4 is 11.3 Å². The van der Waals surface area contributed by atoms with E-state index in [0.29, 0.717) is 24.3 Å². The van der Waals surface area contributed by atoms with Crippen molar-refractivity contribution >= 4 is 0 Å². The Kier molecular flexibility index (Phi) is 4.06. The molecule has 1 aromatic heterocycles. The van der Waals surface area contributed by atoms with Gasteiger partial charge in [0.2, 0.25) is 0 Å². The molecule has 0 saturated carbocycles. The lowest BCUT2D eigenvalue weighted by Gasteiger charge is -2.22. The number of rotatable bonds is 0. The molecule has 0 aromatic carbocycles. The molecule has 1 aromatic rings. The van der Waals surface area contributed by atoms with E-state index in [0.717, 1.165) is 11.1 Å². The van der Waals surface area contributed by atoms with Crippen LogP contribution in [0.5, 0.6) is 0 Å². The Morgan fingerprint density at radius 2 is 1.81 bits per heavy atom. The van der Waals surface area contributed by atoms with Crippen LogP contribution in [0.1, 0.15) is 25.2 Å². The SMILES string of the molecule is CC.CN1CCc2oc(=O)n(C)c(=O)c2C1. The van der Waals surface area contributed by atoms with Gasteiger partial charge < -0.3 is 9.32 Å². The van der Waals surface area contributed by atoms with Crippen molar-refractivity contribution in [1.29, 1.82) is 0 Å². The fourth-order valence-corrected chi connectivity index (χ4v) is 1.64. The Bertz CT molecular complexity index is 473. The Labute approximate surface area is 94.3 Å². The highest BCUT2D eigenvalue weighted by Gasteiger charge is 2.20. The molecule has 1 aliphatic rings. The maximum atomic E-state index is 11.7. The van der Waals surface area contributed by atoms with Crippen LogP contribution in [-0.4, -0.2) is 23.1 Å². The third kappa shape index (κ3) is 2.24. The second-order valence-electron chi connectivity index (χ2n) is 3.62. The van der Waals surface area contributed by atoms with E-state index < -0.39 is 5.76 Å². The van der Waals surface area contributed by atoms with Gasteiger partial charge >= 0.3 is 5.76 Å². The lowest BCUT2D eigenvalue weighted by molar-refractivity contribution is 0.268. The molecule has 5 nitrogen and oxygen atoms in total. The number of likely N-dealkylation sites (N-methyl/N-ethyl adjacent to an activating group) is 1. The summed E-state index contributed by atoms with van der Waals surface area (Å²) in [6, 6.07) is 0. The molecule has 0 aliphatic carbocycles. The monoisotopic (exact) mass is 226 g/mol. The minimum Gasteiger partial charge on any atom is -0.414 e. The summed E-state index contributed by atoms with van der Waals surface area (Å²) >= 11 is 0. The molecule has 0 radical (unpaired) electrons. The van der Waals surface area contributed by atoms with Crippen LogP contribution in [0.2, 0.25) is 0 Å². The van der Waals surface area contributed by atoms with Gasteiger partial charge in [0.25, 0.3) is 5.56 Å². The molecule has 0 amide bonds. The molecular formula is C11H18N2O3. The van der Waals surface area contributed by atoms with E-state index in [4.69, 9.17) is 4.42 Å². The van der Waals surface area contributed by atoms with Gasteiger partial charge in [-0.1, -0.05) is 13.8 Å². The summed E-state index contributed by atoms with van der Waals surface area (Å²) in [5, 5.41) is 0. The molecule has 1 aliphatic heterocycles. The van der Waals surface area contributed by atoms with Crippen molar-refractivity contribution in [2.24, 2.45) is 7.05 Å². The number of hydrogen-bond donors (Lipinski definition) is 0. The van der Waals surface area contributed by atoms with E-state index in [9.17, 15) is 9.59 Å². The molecule has 90 valence electrons. The molecule has 0 unspecified atom stereocenters. The Morgan fingerprint density at radius 1 is 1.19 bits per heavy atom. The highest BCUT2D eigenvalue weighted by molar-refractivity contribution is 5.16. The van der Waals surface area contributed by atoms with E-state index in [2.05, 4.69) is 0 Å². The summed E-state index contributed by atoms with van der Waals surface area (Å²) in [6.45, 7) is 5.38. The zero-order valence-electron chi connectivity index (χ0n) is 10.2. The molecule has 2 rings (SSSR count). The average molecular weight is 226 g/mol. The molecule has 0 saturated heterocycles. The van der Waals surface area contributed by atoms with Gasteiger partial charge in [-0.25, -0.2) is 9.36 Å². The van der Waals surface area contributed by atoms with E-state index in [-0.39, 0.29) is 5.56 Å². The molecule has 0 fully saturated rings. The van der Waals surface area contributed by atoms with E-state index in [1.54, 1.807) is 0 Å². The topological polar surface area (TPSA) is 55.5 Å². The summed E-state index contributed by atoms with van der Waals surface area (Å²) in [7, 11) is 3.37. The van der Waals surface area contributed by atoms with Crippen LogP contribution in [0.25, 0.3) is 0 Å². The van der Waals surface area contributed by atoms with Crippen molar-refractivity contribution in [3.8, 4) is 0 Å². The predicted molar refractivity (Wildman–Crippen MR) is 61.6 cm³/mol. The molecule has 5 heteroatoms. The van der Waals surface area contributed by atoms with Gasteiger partial charge in [0.05, 0.1) is 5.56 Å². The zero-order chi connectivity index (χ0) is 12.3. The van der Waals surface area contributed by atoms with Gasteiger partial charge in [-0.2, -0.15) is 0 Å². The highest BCUT2D eigenvalue weighted by Crippen LogP contribution is 2.11. The maximum absolute atomic E-state index is 11.7. The van der Waals surface area contributed by atoms with Crippen LogP contribution in [0.15, 0.2) is 14.0 Å². The molecular weight excluding hydrogens is 208 g/mol. The van der Waals surface area contributed by atoms with E-state index in [1.807, 2.05) is 25.8 Å². The van der Waals surface area contributed by atoms with Crippen molar-refractivity contribution in [1.82, 2.24) is 9.47 Å². The predicted octanol–water partition coefficient (Wildman–Crippen LogP) is 0.353. The molecule has 0 atom stereocenters. The standard InChI is InChI=1S/C9H12N2O3.C2H6/c1-10-4-3-7-6(5-10)8(12)11(2)9(13)14-7;1-2/h3-5H2,1-2H3;1-2H3. The molecule has 0 bridgehead atoms. The smallest absolute Gasteiger partial charge is 0.414 e. The summed E-state index contributed by atoms with van der Waals surface area (Å²) < 4.78 is 6.05. The largest absolute Gasteiger partial charge is 0.421 e. The zero-order valence-corrected chi connectivity index (χ0v) is 10.2. The fourth-order valence-electron chi connectivity index (χ4n) is 1.64. The molecule has 0 N–H and O–H groups in total. The van der Waals surface area contributed by atoms with Crippen molar-refractivity contribution in [3.05, 3.63) is 32.2 Å². The number of fused-ring (bicyclic) bond motifs is 1. The quantitative estimate of drug-likeness (QED) is 0.640. The first-order valence-corrected chi connectivity index (χ1v) is 5.50. The normalized spacial score (nSPS) is 15.0. The van der Waals surface area contributed by atoms with Crippen molar-refractivity contribution in [2.75, 3.05) is 13.6 Å². The van der Waals surface area contributed by atoms with Crippen molar-refractivity contribution in [2.45, 2.75) is 26.8 Å². The highest BCUT2D eigenvalue weighted by atomic mass is 16.4. The number of hydrogen-bond acceptors (Lipinski definition) is 4. The van der Waals surface area contributed by atoms with Crippen LogP contribution in [0.3, 0.4) is 0 Å². The van der Waals surface area contributed by atoms with Gasteiger partial charge in [0.1, 0.15) is 5.76 Å². The lowest BCUT2D eigenvalue weighted by Crippen LogP contribution is -2.39. The first kappa shape index (κ1) is 12.7. The fraction of sp³-hybridized carbons (Fsp3) is 0.636. The van der Waals surface area contributed by atoms with Crippen LogP contribution in [0, 0.1) is 0 Å². The van der Waals surface area contributed by atoms with E-state index >= 15 is 0 Å². The summed E-state index contributed by atoms with van der Waals surface area (Å²) in [5.41, 5.74) is 0.378. The number of aromatic nitrogens is 1. The van der Waals surface area contributed by atoms with Crippen molar-refractivity contribution in [3.63, 3.8) is 0 Å². The van der Waals surface area contributed by atoms with Crippen LogP contribution in [-0.2, 0) is 20.0 Å². The third-order valence-electron chi connectivity index (χ3n) is 2.53. The van der Waals surface area contributed by atoms with Gasteiger partial charge in [-0.3, -0.25) is 4.79 Å². The Hall–Kier alpha value is -1.36. The third-order valence-corrected chi connectivity index (χ3v) is 2.53. The Balaban J connectivity index is 0.000000606. The number of nitrogens with zero attached hydrogens (tertiary/aromatic N) is 2. The van der Waals surface area contributed by atoms with Gasteiger partial charge in [0.15, 0.2) is 0 Å². The minimum absolute atomic E-state index is 0.234. The Morgan fingerprint density at radius 3 is 2.44 bits per heavy atom. The first-order chi connectivity index (χ1) is 7.59. The van der Waals surface area contributed by atoms with Gasteiger partial charge in [-0.05, 0) is 7.05 Å². The molecule has 16 heavy (non-hydrogen) atoms. The summed E-state index contributed by atoms with van der Waals surface area (Å²) in [5.74, 6) is -0.0190. The molecule has 2 heterocycles. The summed E-state index contributed by atoms with van der Waals surface area (Å²) in [6.07, 6.45) is 0.636. The van der Waals surface area contributed by atoms with Gasteiger partial charge in [-0.15, -0.1) is 0 Å². The average Bonchev–Trinajstić information content (AvgIpc) is 2.30.